The number of methoxy groups -OCH3 is 1. The molecule has 1 atom stereocenters. The number of carbonyl (C=O) groups excluding carboxylic acids is 1. The van der Waals surface area contributed by atoms with Gasteiger partial charge < -0.3 is 15.0 Å². The fraction of sp³-hybridized carbons (Fsp3) is 0.667. The highest BCUT2D eigenvalue weighted by atomic mass is 32.2. The highest BCUT2D eigenvalue weighted by Gasteiger charge is 2.22. The Labute approximate surface area is 112 Å². The predicted octanol–water partition coefficient (Wildman–Crippen LogP) is 2.13. The standard InChI is InChI=1S/C12H21N3O2S/c1-5-9-14-10(12(16)17-3)11(13)15(9)8(2)6-7-18-4/h8H,5-7,13H2,1-4H3. The number of rotatable bonds is 6. The van der Waals surface area contributed by atoms with Gasteiger partial charge >= 0.3 is 5.97 Å². The molecular weight excluding hydrogens is 250 g/mol. The van der Waals surface area contributed by atoms with Crippen molar-refractivity contribution in [2.45, 2.75) is 32.7 Å². The molecule has 0 aliphatic heterocycles. The molecule has 0 aliphatic carbocycles. The largest absolute Gasteiger partial charge is 0.464 e. The zero-order valence-corrected chi connectivity index (χ0v) is 12.2. The first kappa shape index (κ1) is 14.9. The SMILES string of the molecule is CCc1nc(C(=O)OC)c(N)n1C(C)CCSC. The fourth-order valence-corrected chi connectivity index (χ4v) is 2.48. The lowest BCUT2D eigenvalue weighted by atomic mass is 10.2. The van der Waals surface area contributed by atoms with Crippen LogP contribution in [0.1, 0.15) is 42.6 Å². The number of imidazole rings is 1. The predicted molar refractivity (Wildman–Crippen MR) is 75.1 cm³/mol. The van der Waals surface area contributed by atoms with E-state index in [0.717, 1.165) is 24.4 Å². The van der Waals surface area contributed by atoms with Gasteiger partial charge in [0.2, 0.25) is 0 Å². The second-order valence-corrected chi connectivity index (χ2v) is 5.09. The van der Waals surface area contributed by atoms with Crippen LogP contribution in [-0.2, 0) is 11.2 Å². The number of nitrogen functional groups attached to an aromatic ring is 1. The highest BCUT2D eigenvalue weighted by molar-refractivity contribution is 7.98. The molecule has 1 rings (SSSR count). The number of anilines is 1. The van der Waals surface area contributed by atoms with Crippen LogP contribution in [0.4, 0.5) is 5.82 Å². The Balaban J connectivity index is 3.09. The number of aryl methyl sites for hydroxylation is 1. The van der Waals surface area contributed by atoms with Crippen LogP contribution >= 0.6 is 11.8 Å². The molecule has 1 aromatic heterocycles. The van der Waals surface area contributed by atoms with Gasteiger partial charge in [-0.25, -0.2) is 9.78 Å². The summed E-state index contributed by atoms with van der Waals surface area (Å²) in [5, 5.41) is 0. The van der Waals surface area contributed by atoms with Crippen LogP contribution in [0.3, 0.4) is 0 Å². The van der Waals surface area contributed by atoms with Crippen LogP contribution in [-0.4, -0.2) is 34.6 Å². The molecule has 0 saturated carbocycles. The van der Waals surface area contributed by atoms with Crippen molar-refractivity contribution in [3.63, 3.8) is 0 Å². The minimum Gasteiger partial charge on any atom is -0.464 e. The lowest BCUT2D eigenvalue weighted by Crippen LogP contribution is -2.13. The van der Waals surface area contributed by atoms with Gasteiger partial charge in [-0.3, -0.25) is 0 Å². The van der Waals surface area contributed by atoms with Gasteiger partial charge in [-0.05, 0) is 25.4 Å². The summed E-state index contributed by atoms with van der Waals surface area (Å²) in [5.41, 5.74) is 6.25. The molecule has 5 nitrogen and oxygen atoms in total. The summed E-state index contributed by atoms with van der Waals surface area (Å²) in [5.74, 6) is 1.82. The average molecular weight is 271 g/mol. The Morgan fingerprint density at radius 1 is 1.61 bits per heavy atom. The van der Waals surface area contributed by atoms with Crippen molar-refractivity contribution in [2.24, 2.45) is 0 Å². The monoisotopic (exact) mass is 271 g/mol. The van der Waals surface area contributed by atoms with Crippen LogP contribution in [0.5, 0.6) is 0 Å². The summed E-state index contributed by atoms with van der Waals surface area (Å²) < 4.78 is 6.64. The van der Waals surface area contributed by atoms with Crippen molar-refractivity contribution in [3.8, 4) is 0 Å². The van der Waals surface area contributed by atoms with E-state index in [2.05, 4.69) is 18.2 Å². The lowest BCUT2D eigenvalue weighted by Gasteiger charge is -2.17. The van der Waals surface area contributed by atoms with E-state index < -0.39 is 5.97 Å². The third-order valence-electron chi connectivity index (χ3n) is 2.90. The van der Waals surface area contributed by atoms with Crippen LogP contribution in [0, 0.1) is 0 Å². The molecule has 6 heteroatoms. The highest BCUT2D eigenvalue weighted by Crippen LogP contribution is 2.24. The molecule has 102 valence electrons. The van der Waals surface area contributed by atoms with Crippen LogP contribution in [0.2, 0.25) is 0 Å². The maximum absolute atomic E-state index is 11.6. The molecular formula is C12H21N3O2S. The summed E-state index contributed by atoms with van der Waals surface area (Å²) in [6, 6.07) is 0.235. The number of hydrogen-bond donors (Lipinski definition) is 1. The zero-order chi connectivity index (χ0) is 13.7. The van der Waals surface area contributed by atoms with E-state index in [0.29, 0.717) is 5.82 Å². The molecule has 0 saturated heterocycles. The van der Waals surface area contributed by atoms with Crippen molar-refractivity contribution in [2.75, 3.05) is 24.9 Å². The van der Waals surface area contributed by atoms with E-state index in [-0.39, 0.29) is 11.7 Å². The Kier molecular flexibility index (Phi) is 5.53. The fourth-order valence-electron chi connectivity index (χ4n) is 1.90. The normalized spacial score (nSPS) is 12.4. The van der Waals surface area contributed by atoms with Gasteiger partial charge in [0.1, 0.15) is 11.6 Å². The number of carbonyl (C=O) groups is 1. The summed E-state index contributed by atoms with van der Waals surface area (Å²) in [6.07, 6.45) is 3.81. The lowest BCUT2D eigenvalue weighted by molar-refractivity contribution is 0.0595. The van der Waals surface area contributed by atoms with Crippen LogP contribution in [0.15, 0.2) is 0 Å². The van der Waals surface area contributed by atoms with Crippen molar-refractivity contribution in [1.29, 1.82) is 0 Å². The molecule has 18 heavy (non-hydrogen) atoms. The number of esters is 1. The van der Waals surface area contributed by atoms with Crippen molar-refractivity contribution in [3.05, 3.63) is 11.5 Å². The summed E-state index contributed by atoms with van der Waals surface area (Å²) in [4.78, 5) is 15.9. The Bertz CT molecular complexity index is 418. The smallest absolute Gasteiger partial charge is 0.360 e. The zero-order valence-electron chi connectivity index (χ0n) is 11.4. The van der Waals surface area contributed by atoms with Crippen LogP contribution in [0.25, 0.3) is 0 Å². The first-order chi connectivity index (χ1) is 8.56. The molecule has 0 bridgehead atoms. The first-order valence-corrected chi connectivity index (χ1v) is 7.39. The number of aromatic nitrogens is 2. The van der Waals surface area contributed by atoms with E-state index in [4.69, 9.17) is 10.5 Å². The Hall–Kier alpha value is -1.17. The van der Waals surface area contributed by atoms with E-state index in [1.807, 2.05) is 11.5 Å². The number of thioether (sulfide) groups is 1. The minimum atomic E-state index is -0.474. The topological polar surface area (TPSA) is 70.1 Å². The maximum Gasteiger partial charge on any atom is 0.360 e. The van der Waals surface area contributed by atoms with Gasteiger partial charge in [0, 0.05) is 12.5 Å². The average Bonchev–Trinajstić information content (AvgIpc) is 2.72. The van der Waals surface area contributed by atoms with E-state index >= 15 is 0 Å². The summed E-state index contributed by atoms with van der Waals surface area (Å²) in [6.45, 7) is 4.09. The molecule has 0 radical (unpaired) electrons. The van der Waals surface area contributed by atoms with Crippen molar-refractivity contribution < 1.29 is 9.53 Å². The molecule has 0 fully saturated rings. The van der Waals surface area contributed by atoms with Gasteiger partial charge in [-0.15, -0.1) is 0 Å². The van der Waals surface area contributed by atoms with E-state index in [1.165, 1.54) is 7.11 Å². The number of hydrogen-bond acceptors (Lipinski definition) is 5. The molecule has 2 N–H and O–H groups in total. The molecule has 1 unspecified atom stereocenters. The molecule has 0 amide bonds. The second-order valence-electron chi connectivity index (χ2n) is 4.11. The molecule has 0 aromatic carbocycles. The van der Waals surface area contributed by atoms with Gasteiger partial charge in [0.05, 0.1) is 7.11 Å². The van der Waals surface area contributed by atoms with Crippen LogP contribution < -0.4 is 5.73 Å². The van der Waals surface area contributed by atoms with Gasteiger partial charge in [0.25, 0.3) is 0 Å². The second kappa shape index (κ2) is 6.68. The molecule has 1 heterocycles. The number of nitrogens with two attached hydrogens (primary N) is 1. The number of nitrogens with zero attached hydrogens (tertiary/aromatic N) is 2. The summed E-state index contributed by atoms with van der Waals surface area (Å²) in [7, 11) is 1.34. The minimum absolute atomic E-state index is 0.227. The first-order valence-electron chi connectivity index (χ1n) is 6.00. The Morgan fingerprint density at radius 3 is 2.78 bits per heavy atom. The molecule has 0 spiro atoms. The van der Waals surface area contributed by atoms with E-state index in [1.54, 1.807) is 11.8 Å². The third-order valence-corrected chi connectivity index (χ3v) is 3.54. The summed E-state index contributed by atoms with van der Waals surface area (Å²) >= 11 is 1.80. The van der Waals surface area contributed by atoms with Crippen molar-refractivity contribution in [1.82, 2.24) is 9.55 Å². The quantitative estimate of drug-likeness (QED) is 0.803. The van der Waals surface area contributed by atoms with Gasteiger partial charge in [0.15, 0.2) is 5.69 Å². The third kappa shape index (κ3) is 2.98. The van der Waals surface area contributed by atoms with E-state index in [9.17, 15) is 4.79 Å². The van der Waals surface area contributed by atoms with Gasteiger partial charge in [-0.1, -0.05) is 6.92 Å². The molecule has 1 aromatic rings. The van der Waals surface area contributed by atoms with Crippen molar-refractivity contribution >= 4 is 23.5 Å². The maximum atomic E-state index is 11.6. The van der Waals surface area contributed by atoms with Gasteiger partial charge in [-0.2, -0.15) is 11.8 Å². The Morgan fingerprint density at radius 2 is 2.28 bits per heavy atom. The molecule has 0 aliphatic rings. The number of ether oxygens (including phenoxy) is 1.